The summed E-state index contributed by atoms with van der Waals surface area (Å²) in [6, 6.07) is 4.42. The first-order chi connectivity index (χ1) is 7.74. The first-order valence-corrected chi connectivity index (χ1v) is 6.59. The van der Waals surface area contributed by atoms with Crippen LogP contribution in [-0.2, 0) is 4.74 Å². The number of thiophene rings is 1. The van der Waals surface area contributed by atoms with Crippen molar-refractivity contribution in [2.75, 3.05) is 20.3 Å². The van der Waals surface area contributed by atoms with Crippen molar-refractivity contribution in [3.05, 3.63) is 22.4 Å². The lowest BCUT2D eigenvalue weighted by Gasteiger charge is -2.15. The lowest BCUT2D eigenvalue weighted by molar-refractivity contribution is 0.195. The molecule has 3 nitrogen and oxygen atoms in total. The van der Waals surface area contributed by atoms with Crippen LogP contribution < -0.4 is 10.6 Å². The van der Waals surface area contributed by atoms with Gasteiger partial charge in [-0.2, -0.15) is 0 Å². The van der Waals surface area contributed by atoms with E-state index in [9.17, 15) is 0 Å². The first kappa shape index (κ1) is 13.4. The molecule has 90 valence electrons. The maximum absolute atomic E-state index is 5.20. The van der Waals surface area contributed by atoms with E-state index < -0.39 is 0 Å². The third-order valence-electron chi connectivity index (χ3n) is 2.13. The molecule has 2 N–H and O–H groups in total. The fraction of sp³-hybridized carbons (Fsp3) is 0.545. The van der Waals surface area contributed by atoms with Gasteiger partial charge in [-0.15, -0.1) is 11.3 Å². The molecular weight excluding hydrogens is 240 g/mol. The van der Waals surface area contributed by atoms with Gasteiger partial charge in [0.2, 0.25) is 0 Å². The largest absolute Gasteiger partial charge is 0.385 e. The van der Waals surface area contributed by atoms with Crippen molar-refractivity contribution in [2.24, 2.45) is 0 Å². The Hall–Kier alpha value is -0.650. The van der Waals surface area contributed by atoms with Crippen LogP contribution in [0.4, 0.5) is 0 Å². The molecule has 0 aliphatic carbocycles. The summed E-state index contributed by atoms with van der Waals surface area (Å²) in [6.45, 7) is 3.71. The summed E-state index contributed by atoms with van der Waals surface area (Å²) in [4.78, 5) is 1.29. The van der Waals surface area contributed by atoms with Crippen LogP contribution in [0.5, 0.6) is 0 Å². The smallest absolute Gasteiger partial charge is 0.166 e. The summed E-state index contributed by atoms with van der Waals surface area (Å²) in [6.07, 6.45) is 0.964. The van der Waals surface area contributed by atoms with Gasteiger partial charge >= 0.3 is 0 Å². The number of methoxy groups -OCH3 is 1. The molecule has 0 amide bonds. The fourth-order valence-corrected chi connectivity index (χ4v) is 2.29. The van der Waals surface area contributed by atoms with E-state index in [-0.39, 0.29) is 6.04 Å². The summed E-state index contributed by atoms with van der Waals surface area (Å²) in [5, 5.41) is 9.18. The van der Waals surface area contributed by atoms with Crippen molar-refractivity contribution in [2.45, 2.75) is 19.4 Å². The molecule has 0 bridgehead atoms. The molecule has 0 fully saturated rings. The Labute approximate surface area is 106 Å². The molecule has 1 aromatic rings. The van der Waals surface area contributed by atoms with Gasteiger partial charge in [0.1, 0.15) is 0 Å². The molecule has 0 radical (unpaired) electrons. The summed E-state index contributed by atoms with van der Waals surface area (Å²) < 4.78 is 4.96. The molecule has 0 saturated carbocycles. The Morgan fingerprint density at radius 1 is 1.62 bits per heavy atom. The van der Waals surface area contributed by atoms with Gasteiger partial charge in [-0.05, 0) is 37.0 Å². The van der Waals surface area contributed by atoms with E-state index in [0.717, 1.165) is 19.6 Å². The second-order valence-electron chi connectivity index (χ2n) is 3.48. The van der Waals surface area contributed by atoms with Crippen LogP contribution in [0.2, 0.25) is 0 Å². The zero-order chi connectivity index (χ0) is 11.8. The van der Waals surface area contributed by atoms with E-state index in [1.54, 1.807) is 18.4 Å². The van der Waals surface area contributed by atoms with Gasteiger partial charge in [0.05, 0.1) is 6.04 Å². The number of hydrogen-bond acceptors (Lipinski definition) is 3. The number of thiocarbonyl (C=S) groups is 1. The number of nitrogens with one attached hydrogen (secondary N) is 2. The second-order valence-corrected chi connectivity index (χ2v) is 4.87. The van der Waals surface area contributed by atoms with E-state index in [1.807, 2.05) is 6.07 Å². The molecule has 1 heterocycles. The monoisotopic (exact) mass is 258 g/mol. The molecule has 16 heavy (non-hydrogen) atoms. The van der Waals surface area contributed by atoms with E-state index >= 15 is 0 Å². The summed E-state index contributed by atoms with van der Waals surface area (Å²) in [5.74, 6) is 0. The van der Waals surface area contributed by atoms with Crippen molar-refractivity contribution >= 4 is 28.7 Å². The minimum absolute atomic E-state index is 0.266. The van der Waals surface area contributed by atoms with Crippen LogP contribution in [0.1, 0.15) is 24.3 Å². The van der Waals surface area contributed by atoms with Gasteiger partial charge in [-0.1, -0.05) is 6.07 Å². The van der Waals surface area contributed by atoms with Crippen LogP contribution in [0.3, 0.4) is 0 Å². The Morgan fingerprint density at radius 2 is 2.44 bits per heavy atom. The van der Waals surface area contributed by atoms with Crippen LogP contribution >= 0.6 is 23.6 Å². The highest BCUT2D eigenvalue weighted by Gasteiger charge is 2.06. The average Bonchev–Trinajstić information content (AvgIpc) is 2.77. The zero-order valence-corrected chi connectivity index (χ0v) is 11.3. The predicted molar refractivity (Wildman–Crippen MR) is 73.0 cm³/mol. The molecule has 0 aliphatic heterocycles. The third-order valence-corrected chi connectivity index (χ3v) is 3.45. The minimum atomic E-state index is 0.266. The van der Waals surface area contributed by atoms with Gasteiger partial charge in [0, 0.05) is 25.1 Å². The lowest BCUT2D eigenvalue weighted by atomic mass is 10.3. The molecule has 0 aliphatic rings. The number of rotatable bonds is 6. The SMILES string of the molecule is COCCCNC(=S)NC(C)c1cccs1. The van der Waals surface area contributed by atoms with E-state index in [4.69, 9.17) is 17.0 Å². The van der Waals surface area contributed by atoms with E-state index in [1.165, 1.54) is 4.88 Å². The van der Waals surface area contributed by atoms with E-state index in [2.05, 4.69) is 29.0 Å². The van der Waals surface area contributed by atoms with Crippen LogP contribution in [0.15, 0.2) is 17.5 Å². The van der Waals surface area contributed by atoms with Gasteiger partial charge in [-0.3, -0.25) is 0 Å². The normalized spacial score (nSPS) is 12.1. The quantitative estimate of drug-likeness (QED) is 0.606. The Morgan fingerprint density at radius 3 is 3.06 bits per heavy atom. The Kier molecular flexibility index (Phi) is 6.37. The van der Waals surface area contributed by atoms with Crippen molar-refractivity contribution in [1.82, 2.24) is 10.6 Å². The molecule has 1 unspecified atom stereocenters. The zero-order valence-electron chi connectivity index (χ0n) is 9.66. The summed E-state index contributed by atoms with van der Waals surface area (Å²) >= 11 is 6.93. The highest BCUT2D eigenvalue weighted by molar-refractivity contribution is 7.80. The maximum atomic E-state index is 5.20. The van der Waals surface area contributed by atoms with Gasteiger partial charge in [0.25, 0.3) is 0 Å². The van der Waals surface area contributed by atoms with Crippen LogP contribution in [0, 0.1) is 0 Å². The second kappa shape index (κ2) is 7.60. The van der Waals surface area contributed by atoms with Crippen molar-refractivity contribution in [3.63, 3.8) is 0 Å². The van der Waals surface area contributed by atoms with Gasteiger partial charge in [0.15, 0.2) is 5.11 Å². The highest BCUT2D eigenvalue weighted by atomic mass is 32.1. The van der Waals surface area contributed by atoms with Gasteiger partial charge in [-0.25, -0.2) is 0 Å². The number of ether oxygens (including phenoxy) is 1. The topological polar surface area (TPSA) is 33.3 Å². The Balaban J connectivity index is 2.19. The van der Waals surface area contributed by atoms with Crippen molar-refractivity contribution in [3.8, 4) is 0 Å². The third kappa shape index (κ3) is 4.92. The fourth-order valence-electron chi connectivity index (χ4n) is 1.27. The molecular formula is C11H18N2OS2. The van der Waals surface area contributed by atoms with Gasteiger partial charge < -0.3 is 15.4 Å². The van der Waals surface area contributed by atoms with Crippen LogP contribution in [0.25, 0.3) is 0 Å². The average molecular weight is 258 g/mol. The minimum Gasteiger partial charge on any atom is -0.385 e. The standard InChI is InChI=1S/C11H18N2OS2/c1-9(10-5-3-8-16-10)13-11(15)12-6-4-7-14-2/h3,5,8-9H,4,6-7H2,1-2H3,(H2,12,13,15). The maximum Gasteiger partial charge on any atom is 0.166 e. The molecule has 5 heteroatoms. The molecule has 1 atom stereocenters. The molecule has 1 aromatic heterocycles. The molecule has 0 aromatic carbocycles. The predicted octanol–water partition coefficient (Wildman–Crippen LogP) is 2.31. The molecule has 0 spiro atoms. The summed E-state index contributed by atoms with van der Waals surface area (Å²) in [5.41, 5.74) is 0. The first-order valence-electron chi connectivity index (χ1n) is 5.30. The molecule has 1 rings (SSSR count). The van der Waals surface area contributed by atoms with Crippen LogP contribution in [-0.4, -0.2) is 25.4 Å². The van der Waals surface area contributed by atoms with Crippen molar-refractivity contribution in [1.29, 1.82) is 0 Å². The lowest BCUT2D eigenvalue weighted by Crippen LogP contribution is -2.37. The van der Waals surface area contributed by atoms with Crippen molar-refractivity contribution < 1.29 is 4.74 Å². The molecule has 0 saturated heterocycles. The summed E-state index contributed by atoms with van der Waals surface area (Å²) in [7, 11) is 1.70. The number of hydrogen-bond donors (Lipinski definition) is 2. The highest BCUT2D eigenvalue weighted by Crippen LogP contribution is 2.17. The Bertz CT molecular complexity index is 301. The van der Waals surface area contributed by atoms with E-state index in [0.29, 0.717) is 5.11 Å².